The largest absolute Gasteiger partial charge is 0.354 e. The molecule has 0 aromatic carbocycles. The molecule has 1 aliphatic heterocycles. The van der Waals surface area contributed by atoms with Crippen molar-refractivity contribution < 1.29 is 4.79 Å². The number of piperidine rings is 1. The van der Waals surface area contributed by atoms with Crippen molar-refractivity contribution in [3.05, 3.63) is 35.3 Å². The highest BCUT2D eigenvalue weighted by Gasteiger charge is 2.25. The monoisotopic (exact) mass is 398 g/mol. The van der Waals surface area contributed by atoms with E-state index in [1.165, 1.54) is 0 Å². The molecular weight excluding hydrogens is 375 g/mol. The second-order valence-corrected chi connectivity index (χ2v) is 6.58. The smallest absolute Gasteiger partial charge is 0.164 e. The van der Waals surface area contributed by atoms with Crippen molar-refractivity contribution in [3.8, 4) is 0 Å². The van der Waals surface area contributed by atoms with Crippen molar-refractivity contribution >= 4 is 36.4 Å². The standard InChI is InChI=1S/C17H22N6O.2ClH/c18-9-12-10-23(21-20-12)13-3-2-8-22(11-13)17-7-6-14-15(19-17)4-1-5-16(14)24;;/h6-7,10,13H,1-5,8-9,11,18H2;2*1H. The number of nitrogens with two attached hydrogens (primary N) is 1. The number of hydrogen-bond donors (Lipinski definition) is 1. The molecule has 1 atom stereocenters. The Balaban J connectivity index is 0.00000121. The number of aryl methyl sites for hydroxylation is 1. The number of hydrogen-bond acceptors (Lipinski definition) is 6. The van der Waals surface area contributed by atoms with Gasteiger partial charge in [-0.1, -0.05) is 5.21 Å². The lowest BCUT2D eigenvalue weighted by atomic mass is 9.95. The minimum absolute atomic E-state index is 0. The van der Waals surface area contributed by atoms with Crippen LogP contribution in [0, 0.1) is 0 Å². The van der Waals surface area contributed by atoms with Crippen LogP contribution in [-0.4, -0.2) is 38.9 Å². The van der Waals surface area contributed by atoms with Gasteiger partial charge in [0.2, 0.25) is 0 Å². The Morgan fingerprint density at radius 2 is 2.04 bits per heavy atom. The molecule has 2 aromatic heterocycles. The second-order valence-electron chi connectivity index (χ2n) is 6.58. The maximum absolute atomic E-state index is 12.0. The van der Waals surface area contributed by atoms with Crippen LogP contribution in [0.3, 0.4) is 0 Å². The molecular formula is C17H24Cl2N6O. The number of carbonyl (C=O) groups excluding carboxylic acids is 1. The van der Waals surface area contributed by atoms with Crippen molar-refractivity contribution in [1.29, 1.82) is 0 Å². The summed E-state index contributed by atoms with van der Waals surface area (Å²) in [5, 5.41) is 8.30. The maximum Gasteiger partial charge on any atom is 0.164 e. The molecule has 142 valence electrons. The average molecular weight is 399 g/mol. The molecule has 1 aliphatic carbocycles. The van der Waals surface area contributed by atoms with Gasteiger partial charge in [-0.2, -0.15) is 0 Å². The highest BCUT2D eigenvalue weighted by molar-refractivity contribution is 5.98. The summed E-state index contributed by atoms with van der Waals surface area (Å²) in [5.74, 6) is 1.19. The van der Waals surface area contributed by atoms with Gasteiger partial charge in [0.15, 0.2) is 5.78 Å². The summed E-state index contributed by atoms with van der Waals surface area (Å²) >= 11 is 0. The topological polar surface area (TPSA) is 89.9 Å². The molecule has 0 bridgehead atoms. The summed E-state index contributed by atoms with van der Waals surface area (Å²) in [4.78, 5) is 19.0. The summed E-state index contributed by atoms with van der Waals surface area (Å²) in [6.07, 6.45) is 6.55. The van der Waals surface area contributed by atoms with E-state index < -0.39 is 0 Å². The van der Waals surface area contributed by atoms with Gasteiger partial charge in [0.1, 0.15) is 5.82 Å². The first-order valence-corrected chi connectivity index (χ1v) is 8.63. The summed E-state index contributed by atoms with van der Waals surface area (Å²) in [6, 6.07) is 4.22. The quantitative estimate of drug-likeness (QED) is 0.852. The van der Waals surface area contributed by atoms with Gasteiger partial charge in [0.25, 0.3) is 0 Å². The number of pyridine rings is 1. The molecule has 0 amide bonds. The molecule has 4 rings (SSSR count). The summed E-state index contributed by atoms with van der Waals surface area (Å²) in [7, 11) is 0. The van der Waals surface area contributed by atoms with E-state index in [0.717, 1.165) is 61.5 Å². The Bertz CT molecular complexity index is 765. The molecule has 2 aliphatic rings. The van der Waals surface area contributed by atoms with Crippen LogP contribution < -0.4 is 10.6 Å². The molecule has 9 heteroatoms. The second kappa shape index (κ2) is 8.79. The fourth-order valence-electron chi connectivity index (χ4n) is 3.63. The van der Waals surface area contributed by atoms with Crippen LogP contribution in [-0.2, 0) is 13.0 Å². The number of fused-ring (bicyclic) bond motifs is 1. The van der Waals surface area contributed by atoms with Crippen LogP contribution >= 0.6 is 24.8 Å². The predicted octanol–water partition coefficient (Wildman–Crippen LogP) is 2.34. The van der Waals surface area contributed by atoms with Crippen LogP contribution in [0.2, 0.25) is 0 Å². The van der Waals surface area contributed by atoms with Gasteiger partial charge in [-0.15, -0.1) is 29.9 Å². The molecule has 0 spiro atoms. The summed E-state index contributed by atoms with van der Waals surface area (Å²) in [5.41, 5.74) is 8.20. The Hall–Kier alpha value is -1.70. The number of rotatable bonds is 3. The van der Waals surface area contributed by atoms with Gasteiger partial charge in [-0.3, -0.25) is 4.79 Å². The van der Waals surface area contributed by atoms with Gasteiger partial charge < -0.3 is 10.6 Å². The Labute approximate surface area is 165 Å². The normalized spacial score (nSPS) is 19.3. The number of carbonyl (C=O) groups is 1. The van der Waals surface area contributed by atoms with Gasteiger partial charge in [0, 0.05) is 31.6 Å². The van der Waals surface area contributed by atoms with Crippen LogP contribution in [0.25, 0.3) is 0 Å². The molecule has 1 unspecified atom stereocenters. The van der Waals surface area contributed by atoms with E-state index in [-0.39, 0.29) is 36.6 Å². The zero-order valence-corrected chi connectivity index (χ0v) is 16.1. The number of nitrogens with zero attached hydrogens (tertiary/aromatic N) is 5. The number of aromatic nitrogens is 4. The molecule has 26 heavy (non-hydrogen) atoms. The van der Waals surface area contributed by atoms with Gasteiger partial charge >= 0.3 is 0 Å². The number of ketones is 1. The van der Waals surface area contributed by atoms with Gasteiger partial charge in [-0.25, -0.2) is 9.67 Å². The summed E-state index contributed by atoms with van der Waals surface area (Å²) in [6.45, 7) is 2.25. The molecule has 1 saturated heterocycles. The van der Waals surface area contributed by atoms with Crippen molar-refractivity contribution in [2.45, 2.75) is 44.7 Å². The average Bonchev–Trinajstić information content (AvgIpc) is 3.11. The maximum atomic E-state index is 12.0. The number of Topliss-reactive ketones (excluding diaryl/α,β-unsaturated/α-hetero) is 1. The van der Waals surface area contributed by atoms with Crippen molar-refractivity contribution in [1.82, 2.24) is 20.0 Å². The molecule has 0 saturated carbocycles. The first kappa shape index (κ1) is 20.6. The lowest BCUT2D eigenvalue weighted by Crippen LogP contribution is -2.37. The van der Waals surface area contributed by atoms with Crippen LogP contribution in [0.5, 0.6) is 0 Å². The third-order valence-corrected chi connectivity index (χ3v) is 4.94. The fraction of sp³-hybridized carbons (Fsp3) is 0.529. The first-order valence-electron chi connectivity index (χ1n) is 8.63. The third kappa shape index (κ3) is 4.00. The van der Waals surface area contributed by atoms with E-state index in [1.807, 2.05) is 23.0 Å². The van der Waals surface area contributed by atoms with Gasteiger partial charge in [-0.05, 0) is 37.8 Å². The first-order chi connectivity index (χ1) is 11.7. The molecule has 3 heterocycles. The molecule has 7 nitrogen and oxygen atoms in total. The Morgan fingerprint density at radius 3 is 2.81 bits per heavy atom. The van der Waals surface area contributed by atoms with E-state index in [0.29, 0.717) is 13.0 Å². The minimum atomic E-state index is 0. The highest BCUT2D eigenvalue weighted by Crippen LogP contribution is 2.27. The predicted molar refractivity (Wildman–Crippen MR) is 104 cm³/mol. The molecule has 2 N–H and O–H groups in total. The minimum Gasteiger partial charge on any atom is -0.354 e. The van der Waals surface area contributed by atoms with Crippen molar-refractivity contribution in [3.63, 3.8) is 0 Å². The van der Waals surface area contributed by atoms with Crippen LogP contribution in [0.4, 0.5) is 5.82 Å². The molecule has 1 fully saturated rings. The number of anilines is 1. The lowest BCUT2D eigenvalue weighted by molar-refractivity contribution is 0.0971. The van der Waals surface area contributed by atoms with Crippen LogP contribution in [0.1, 0.15) is 53.5 Å². The SMILES string of the molecule is Cl.Cl.NCc1cn(C2CCCN(c3ccc4c(n3)CCCC4=O)C2)nn1. The lowest BCUT2D eigenvalue weighted by Gasteiger charge is -2.34. The molecule has 2 aromatic rings. The Morgan fingerprint density at radius 1 is 1.19 bits per heavy atom. The zero-order chi connectivity index (χ0) is 16.5. The fourth-order valence-corrected chi connectivity index (χ4v) is 3.63. The zero-order valence-electron chi connectivity index (χ0n) is 14.5. The van der Waals surface area contributed by atoms with E-state index >= 15 is 0 Å². The number of halogens is 2. The van der Waals surface area contributed by atoms with E-state index in [9.17, 15) is 4.79 Å². The van der Waals surface area contributed by atoms with Crippen LogP contribution in [0.15, 0.2) is 18.3 Å². The van der Waals surface area contributed by atoms with E-state index in [1.54, 1.807) is 0 Å². The Kier molecular flexibility index (Phi) is 6.97. The molecule has 0 radical (unpaired) electrons. The van der Waals surface area contributed by atoms with E-state index in [4.69, 9.17) is 10.7 Å². The van der Waals surface area contributed by atoms with Gasteiger partial charge in [0.05, 0.1) is 23.6 Å². The third-order valence-electron chi connectivity index (χ3n) is 4.94. The van der Waals surface area contributed by atoms with Crippen molar-refractivity contribution in [2.24, 2.45) is 5.73 Å². The van der Waals surface area contributed by atoms with Crippen molar-refractivity contribution in [2.75, 3.05) is 18.0 Å². The van der Waals surface area contributed by atoms with E-state index in [2.05, 4.69) is 15.2 Å². The summed E-state index contributed by atoms with van der Waals surface area (Å²) < 4.78 is 1.93. The highest BCUT2D eigenvalue weighted by atomic mass is 35.5.